The first-order chi connectivity index (χ1) is 8.88. The number of halogens is 1. The van der Waals surface area contributed by atoms with Gasteiger partial charge in [0.1, 0.15) is 13.1 Å². The third-order valence-corrected chi connectivity index (χ3v) is 3.23. The van der Waals surface area contributed by atoms with E-state index in [-0.39, 0.29) is 0 Å². The van der Waals surface area contributed by atoms with E-state index < -0.39 is 0 Å². The normalized spacial score (nSPS) is 10.8. The molecule has 0 amide bonds. The maximum Gasteiger partial charge on any atom is 0.103 e. The van der Waals surface area contributed by atoms with E-state index in [9.17, 15) is 0 Å². The van der Waals surface area contributed by atoms with Gasteiger partial charge >= 0.3 is 0 Å². The minimum absolute atomic E-state index is 0.703. The molecule has 0 aromatic heterocycles. The Morgan fingerprint density at radius 1 is 0.722 bits per heavy atom. The predicted molar refractivity (Wildman–Crippen MR) is 76.8 cm³/mol. The highest BCUT2D eigenvalue weighted by Crippen LogP contribution is 1.98. The molecule has 18 heavy (non-hydrogen) atoms. The van der Waals surface area contributed by atoms with Crippen LogP contribution in [0.1, 0.15) is 11.1 Å². The van der Waals surface area contributed by atoms with Gasteiger partial charge in [0.05, 0.1) is 12.4 Å². The van der Waals surface area contributed by atoms with Gasteiger partial charge in [-0.25, -0.2) is 0 Å². The summed E-state index contributed by atoms with van der Waals surface area (Å²) in [7, 11) is 0. The molecule has 0 fully saturated rings. The van der Waals surface area contributed by atoms with Crippen molar-refractivity contribution in [2.45, 2.75) is 13.1 Å². The zero-order valence-corrected chi connectivity index (χ0v) is 11.2. The van der Waals surface area contributed by atoms with Crippen molar-refractivity contribution in [2.24, 2.45) is 0 Å². The van der Waals surface area contributed by atoms with Crippen molar-refractivity contribution in [1.82, 2.24) is 0 Å². The second-order valence-electron chi connectivity index (χ2n) is 4.51. The zero-order valence-electron chi connectivity index (χ0n) is 10.5. The fourth-order valence-electron chi connectivity index (χ4n) is 2.14. The molecule has 0 aliphatic carbocycles. The maximum absolute atomic E-state index is 5.91. The van der Waals surface area contributed by atoms with Gasteiger partial charge in [-0.05, 0) is 0 Å². The molecule has 0 aliphatic heterocycles. The summed E-state index contributed by atoms with van der Waals surface area (Å²) in [5.74, 6) is 0.703. The van der Waals surface area contributed by atoms with E-state index >= 15 is 0 Å². The summed E-state index contributed by atoms with van der Waals surface area (Å²) in [5.41, 5.74) is 2.74. The highest BCUT2D eigenvalue weighted by Gasteiger charge is 2.09. The van der Waals surface area contributed by atoms with Crippen LogP contribution in [0.4, 0.5) is 0 Å². The zero-order chi connectivity index (χ0) is 12.6. The van der Waals surface area contributed by atoms with Crippen molar-refractivity contribution < 1.29 is 4.90 Å². The van der Waals surface area contributed by atoms with Crippen molar-refractivity contribution in [3.63, 3.8) is 0 Å². The molecule has 0 atom stereocenters. The van der Waals surface area contributed by atoms with Gasteiger partial charge in [0.25, 0.3) is 0 Å². The average Bonchev–Trinajstić information content (AvgIpc) is 2.41. The molecule has 1 N–H and O–H groups in total. The van der Waals surface area contributed by atoms with E-state index in [1.807, 2.05) is 0 Å². The van der Waals surface area contributed by atoms with Crippen molar-refractivity contribution in [1.29, 1.82) is 0 Å². The summed E-state index contributed by atoms with van der Waals surface area (Å²) in [6.45, 7) is 3.05. The van der Waals surface area contributed by atoms with Gasteiger partial charge in [-0.3, -0.25) is 0 Å². The van der Waals surface area contributed by atoms with Crippen LogP contribution in [0.5, 0.6) is 0 Å². The molecule has 94 valence electrons. The standard InChI is InChI=1S/C16H18ClN/c17-11-12-18(13-15-7-3-1-4-8-15)14-16-9-5-2-6-10-16/h1-10H,11-14H2/p+1. The van der Waals surface area contributed by atoms with Gasteiger partial charge in [0.2, 0.25) is 0 Å². The van der Waals surface area contributed by atoms with Crippen molar-refractivity contribution >= 4 is 11.6 Å². The molecule has 0 bridgehead atoms. The van der Waals surface area contributed by atoms with E-state index in [0.717, 1.165) is 19.6 Å². The van der Waals surface area contributed by atoms with Crippen LogP contribution < -0.4 is 4.90 Å². The molecule has 0 radical (unpaired) electrons. The van der Waals surface area contributed by atoms with Gasteiger partial charge in [0, 0.05) is 11.1 Å². The molecule has 0 saturated heterocycles. The fourth-order valence-corrected chi connectivity index (χ4v) is 2.41. The molecule has 0 saturated carbocycles. The second-order valence-corrected chi connectivity index (χ2v) is 4.89. The number of nitrogens with one attached hydrogen (secondary N) is 1. The van der Waals surface area contributed by atoms with E-state index in [0.29, 0.717) is 5.88 Å². The summed E-state index contributed by atoms with van der Waals surface area (Å²) >= 11 is 5.91. The van der Waals surface area contributed by atoms with E-state index in [1.165, 1.54) is 16.0 Å². The lowest BCUT2D eigenvalue weighted by molar-refractivity contribution is -0.925. The highest BCUT2D eigenvalue weighted by molar-refractivity contribution is 6.17. The Labute approximate surface area is 114 Å². The van der Waals surface area contributed by atoms with Gasteiger partial charge in [-0.2, -0.15) is 0 Å². The largest absolute Gasteiger partial charge is 0.326 e. The van der Waals surface area contributed by atoms with Crippen LogP contribution in [-0.2, 0) is 13.1 Å². The first-order valence-electron chi connectivity index (χ1n) is 6.36. The molecule has 2 heteroatoms. The van der Waals surface area contributed by atoms with Crippen LogP contribution in [0.15, 0.2) is 60.7 Å². The minimum atomic E-state index is 0.703. The first-order valence-corrected chi connectivity index (χ1v) is 6.89. The van der Waals surface area contributed by atoms with Gasteiger partial charge < -0.3 is 4.90 Å². The van der Waals surface area contributed by atoms with Crippen LogP contribution in [0.3, 0.4) is 0 Å². The summed E-state index contributed by atoms with van der Waals surface area (Å²) in [4.78, 5) is 1.50. The lowest BCUT2D eigenvalue weighted by atomic mass is 10.1. The van der Waals surface area contributed by atoms with Crippen LogP contribution in [0, 0.1) is 0 Å². The lowest BCUT2D eigenvalue weighted by Crippen LogP contribution is -3.09. The smallest absolute Gasteiger partial charge is 0.103 e. The predicted octanol–water partition coefficient (Wildman–Crippen LogP) is 2.51. The highest BCUT2D eigenvalue weighted by atomic mass is 35.5. The number of quaternary nitrogens is 1. The molecule has 0 aliphatic rings. The summed E-state index contributed by atoms with van der Waals surface area (Å²) in [6, 6.07) is 21.2. The Bertz CT molecular complexity index is 400. The molecular weight excluding hydrogens is 242 g/mol. The molecule has 0 spiro atoms. The first kappa shape index (κ1) is 13.1. The molecule has 2 rings (SSSR count). The Morgan fingerprint density at radius 3 is 1.56 bits per heavy atom. The van der Waals surface area contributed by atoms with E-state index in [4.69, 9.17) is 11.6 Å². The van der Waals surface area contributed by atoms with Crippen LogP contribution >= 0.6 is 11.6 Å². The van der Waals surface area contributed by atoms with E-state index in [2.05, 4.69) is 60.7 Å². The minimum Gasteiger partial charge on any atom is -0.326 e. The van der Waals surface area contributed by atoms with Gasteiger partial charge in [0.15, 0.2) is 0 Å². The average molecular weight is 261 g/mol. The number of hydrogen-bond acceptors (Lipinski definition) is 0. The topological polar surface area (TPSA) is 4.44 Å². The SMILES string of the molecule is ClCC[NH+](Cc1ccccc1)Cc1ccccc1. The molecule has 0 unspecified atom stereocenters. The molecule has 1 nitrogen and oxygen atoms in total. The third-order valence-electron chi connectivity index (χ3n) is 3.04. The monoisotopic (exact) mass is 260 g/mol. The number of rotatable bonds is 6. The quantitative estimate of drug-likeness (QED) is 0.762. The number of alkyl halides is 1. The summed E-state index contributed by atoms with van der Waals surface area (Å²) in [6.07, 6.45) is 0. The van der Waals surface area contributed by atoms with Crippen LogP contribution in [0.25, 0.3) is 0 Å². The Morgan fingerprint density at radius 2 is 1.17 bits per heavy atom. The fraction of sp³-hybridized carbons (Fsp3) is 0.250. The van der Waals surface area contributed by atoms with Crippen LogP contribution in [0.2, 0.25) is 0 Å². The second kappa shape index (κ2) is 7.20. The molecular formula is C16H19ClN+. The van der Waals surface area contributed by atoms with Crippen molar-refractivity contribution in [2.75, 3.05) is 12.4 Å². The number of hydrogen-bond donors (Lipinski definition) is 1. The lowest BCUT2D eigenvalue weighted by Gasteiger charge is -2.18. The van der Waals surface area contributed by atoms with Crippen molar-refractivity contribution in [3.05, 3.63) is 71.8 Å². The Kier molecular flexibility index (Phi) is 5.25. The summed E-state index contributed by atoms with van der Waals surface area (Å²) in [5, 5.41) is 0. The Balaban J connectivity index is 2.00. The molecule has 2 aromatic rings. The third kappa shape index (κ3) is 4.17. The van der Waals surface area contributed by atoms with Crippen molar-refractivity contribution in [3.8, 4) is 0 Å². The van der Waals surface area contributed by atoms with Gasteiger partial charge in [-0.1, -0.05) is 60.7 Å². The van der Waals surface area contributed by atoms with E-state index in [1.54, 1.807) is 0 Å². The number of benzene rings is 2. The Hall–Kier alpha value is -1.31. The van der Waals surface area contributed by atoms with Crippen LogP contribution in [-0.4, -0.2) is 12.4 Å². The molecule has 0 heterocycles. The maximum atomic E-state index is 5.91. The van der Waals surface area contributed by atoms with Gasteiger partial charge in [-0.15, -0.1) is 11.6 Å². The summed E-state index contributed by atoms with van der Waals surface area (Å²) < 4.78 is 0. The molecule has 2 aromatic carbocycles.